The Balaban J connectivity index is 1.16. The van der Waals surface area contributed by atoms with Crippen LogP contribution >= 0.6 is 0 Å². The minimum absolute atomic E-state index is 0.0335. The second kappa shape index (κ2) is 12.7. The van der Waals surface area contributed by atoms with E-state index in [-0.39, 0.29) is 24.8 Å². The van der Waals surface area contributed by atoms with Gasteiger partial charge < -0.3 is 40.7 Å². The summed E-state index contributed by atoms with van der Waals surface area (Å²) in [5, 5.41) is 22.2. The number of dihydropyridines is 1. The zero-order valence-electron chi connectivity index (χ0n) is 23.0. The summed E-state index contributed by atoms with van der Waals surface area (Å²) in [6.45, 7) is 7.26. The summed E-state index contributed by atoms with van der Waals surface area (Å²) in [5.74, 6) is 1.01. The van der Waals surface area contributed by atoms with Gasteiger partial charge in [-0.3, -0.25) is 4.90 Å². The minimum Gasteiger partial charge on any atom is -0.392 e. The Labute approximate surface area is 239 Å². The number of aliphatic hydroxyl groups is 1. The summed E-state index contributed by atoms with van der Waals surface area (Å²) in [6, 6.07) is 14.5. The molecule has 0 bridgehead atoms. The summed E-state index contributed by atoms with van der Waals surface area (Å²) < 4.78 is 11.1. The molecule has 2 fully saturated rings. The molecule has 5 N–H and O–H groups in total. The van der Waals surface area contributed by atoms with Gasteiger partial charge in [-0.05, 0) is 47.0 Å². The van der Waals surface area contributed by atoms with E-state index >= 15 is 0 Å². The maximum Gasteiger partial charge on any atom is 0.323 e. The number of urea groups is 1. The molecule has 11 heteroatoms. The number of ether oxygens (including phenoxy) is 2. The fraction of sp³-hybridized carbons (Fsp3) is 0.400. The minimum atomic E-state index is -0.334. The lowest BCUT2D eigenvalue weighted by atomic mass is 10.0. The first kappa shape index (κ1) is 27.3. The fourth-order valence-corrected chi connectivity index (χ4v) is 5.40. The molecule has 41 heavy (non-hydrogen) atoms. The third kappa shape index (κ3) is 6.71. The molecule has 0 aliphatic carbocycles. The molecular weight excluding hydrogens is 522 g/mol. The lowest BCUT2D eigenvalue weighted by Gasteiger charge is -2.41. The predicted octanol–water partition coefficient (Wildman–Crippen LogP) is 2.23. The van der Waals surface area contributed by atoms with E-state index in [1.807, 2.05) is 24.3 Å². The number of amides is 2. The second-order valence-corrected chi connectivity index (χ2v) is 10.5. The SMILES string of the molecule is O=C(Nc1ccc(CO)cc1)Nc1ccc(C2N=C(N3CCOCC3)C3NC=C(CN4CCOCC4)C=C3N2)cc1. The van der Waals surface area contributed by atoms with Gasteiger partial charge in [0.1, 0.15) is 18.0 Å². The lowest BCUT2D eigenvalue weighted by Crippen LogP contribution is -2.56. The summed E-state index contributed by atoms with van der Waals surface area (Å²) in [6.07, 6.45) is 4.12. The van der Waals surface area contributed by atoms with Gasteiger partial charge in [-0.2, -0.15) is 0 Å². The van der Waals surface area contributed by atoms with E-state index in [0.717, 1.165) is 68.6 Å². The van der Waals surface area contributed by atoms with Crippen molar-refractivity contribution >= 4 is 23.2 Å². The Morgan fingerprint density at radius 1 is 0.927 bits per heavy atom. The summed E-state index contributed by atoms with van der Waals surface area (Å²) in [5.41, 5.74) is 5.45. The van der Waals surface area contributed by atoms with Crippen LogP contribution in [0.3, 0.4) is 0 Å². The molecule has 4 heterocycles. The highest BCUT2D eigenvalue weighted by Crippen LogP contribution is 2.28. The molecule has 4 aliphatic rings. The van der Waals surface area contributed by atoms with Gasteiger partial charge in [0, 0.05) is 56.0 Å². The third-order valence-corrected chi connectivity index (χ3v) is 7.63. The first-order chi connectivity index (χ1) is 20.1. The highest BCUT2D eigenvalue weighted by Gasteiger charge is 2.34. The number of benzene rings is 2. The van der Waals surface area contributed by atoms with Crippen molar-refractivity contribution in [2.45, 2.75) is 18.8 Å². The smallest absolute Gasteiger partial charge is 0.323 e. The number of morpholine rings is 2. The van der Waals surface area contributed by atoms with E-state index in [0.29, 0.717) is 24.6 Å². The van der Waals surface area contributed by atoms with E-state index in [1.54, 1.807) is 24.3 Å². The van der Waals surface area contributed by atoms with Crippen molar-refractivity contribution in [3.63, 3.8) is 0 Å². The molecule has 2 unspecified atom stereocenters. The van der Waals surface area contributed by atoms with Gasteiger partial charge in [0.2, 0.25) is 0 Å². The largest absolute Gasteiger partial charge is 0.392 e. The van der Waals surface area contributed by atoms with Crippen LogP contribution in [0.1, 0.15) is 17.3 Å². The number of rotatable bonds is 6. The van der Waals surface area contributed by atoms with E-state index in [1.165, 1.54) is 5.57 Å². The molecule has 216 valence electrons. The second-order valence-electron chi connectivity index (χ2n) is 10.5. The molecule has 2 saturated heterocycles. The fourth-order valence-electron chi connectivity index (χ4n) is 5.40. The zero-order valence-corrected chi connectivity index (χ0v) is 23.0. The van der Waals surface area contributed by atoms with Crippen molar-refractivity contribution < 1.29 is 19.4 Å². The number of carbonyl (C=O) groups is 1. The molecule has 2 amide bonds. The molecule has 4 aliphatic heterocycles. The van der Waals surface area contributed by atoms with Crippen LogP contribution in [-0.4, -0.2) is 92.0 Å². The van der Waals surface area contributed by atoms with E-state index in [9.17, 15) is 9.90 Å². The number of anilines is 2. The van der Waals surface area contributed by atoms with Crippen LogP contribution in [0.5, 0.6) is 0 Å². The molecule has 2 aromatic carbocycles. The number of nitrogens with one attached hydrogen (secondary N) is 4. The van der Waals surface area contributed by atoms with Crippen LogP contribution < -0.4 is 21.3 Å². The third-order valence-electron chi connectivity index (χ3n) is 7.63. The number of hydrogen-bond acceptors (Lipinski definition) is 9. The van der Waals surface area contributed by atoms with E-state index in [2.05, 4.69) is 43.3 Å². The first-order valence-corrected chi connectivity index (χ1v) is 14.2. The number of nitrogens with zero attached hydrogens (tertiary/aromatic N) is 3. The number of carbonyl (C=O) groups excluding carboxylic acids is 1. The Morgan fingerprint density at radius 2 is 1.56 bits per heavy atom. The molecule has 2 aromatic rings. The number of aliphatic imine (C=N–C) groups is 1. The molecule has 0 aromatic heterocycles. The maximum atomic E-state index is 12.5. The lowest BCUT2D eigenvalue weighted by molar-refractivity contribution is 0.0425. The van der Waals surface area contributed by atoms with E-state index in [4.69, 9.17) is 14.5 Å². The molecule has 0 spiro atoms. The number of hydrogen-bond donors (Lipinski definition) is 5. The van der Waals surface area contributed by atoms with E-state index < -0.39 is 0 Å². The van der Waals surface area contributed by atoms with Crippen LogP contribution in [-0.2, 0) is 16.1 Å². The molecule has 11 nitrogen and oxygen atoms in total. The standard InChI is InChI=1S/C30H37N7O4/c38-20-21-1-5-24(6-2-21)32-30(39)33-25-7-3-23(4-8-25)28-34-26-17-22(19-36-9-13-40-14-10-36)18-31-27(26)29(35-28)37-11-15-41-16-12-37/h1-8,17-18,27-28,31,34,38H,9-16,19-20H2,(H2,32,33,39). The van der Waals surface area contributed by atoms with Crippen molar-refractivity contribution in [1.29, 1.82) is 0 Å². The topological polar surface area (TPSA) is 123 Å². The Hall–Kier alpha value is -3.90. The van der Waals surface area contributed by atoms with Crippen LogP contribution in [0.4, 0.5) is 16.2 Å². The monoisotopic (exact) mass is 559 g/mol. The van der Waals surface area contributed by atoms with Gasteiger partial charge >= 0.3 is 6.03 Å². The average Bonchev–Trinajstić information content (AvgIpc) is 3.02. The van der Waals surface area contributed by atoms with Gasteiger partial charge in [0.05, 0.1) is 33.0 Å². The Kier molecular flexibility index (Phi) is 8.47. The maximum absolute atomic E-state index is 12.5. The molecule has 6 rings (SSSR count). The number of aliphatic hydroxyl groups excluding tert-OH is 1. The van der Waals surface area contributed by atoms with Crippen molar-refractivity contribution in [1.82, 2.24) is 20.4 Å². The van der Waals surface area contributed by atoms with Gasteiger partial charge in [0.25, 0.3) is 0 Å². The Morgan fingerprint density at radius 3 is 2.22 bits per heavy atom. The number of amidine groups is 1. The van der Waals surface area contributed by atoms with Crippen molar-refractivity contribution in [2.75, 3.05) is 69.8 Å². The molecule has 0 radical (unpaired) electrons. The summed E-state index contributed by atoms with van der Waals surface area (Å²) >= 11 is 0. The van der Waals surface area contributed by atoms with Gasteiger partial charge in [-0.1, -0.05) is 24.3 Å². The molecule has 2 atom stereocenters. The normalized spacial score (nSPS) is 22.8. The summed E-state index contributed by atoms with van der Waals surface area (Å²) in [7, 11) is 0. The van der Waals surface area contributed by atoms with Gasteiger partial charge in [0.15, 0.2) is 0 Å². The van der Waals surface area contributed by atoms with Crippen LogP contribution in [0.2, 0.25) is 0 Å². The highest BCUT2D eigenvalue weighted by atomic mass is 16.5. The molecule has 0 saturated carbocycles. The van der Waals surface area contributed by atoms with Crippen LogP contribution in [0.25, 0.3) is 0 Å². The average molecular weight is 560 g/mol. The first-order valence-electron chi connectivity index (χ1n) is 14.2. The molecular formula is C30H37N7O4. The van der Waals surface area contributed by atoms with Crippen molar-refractivity contribution in [2.24, 2.45) is 4.99 Å². The Bertz CT molecular complexity index is 1300. The van der Waals surface area contributed by atoms with Crippen LogP contribution in [0, 0.1) is 0 Å². The quantitative estimate of drug-likeness (QED) is 0.365. The summed E-state index contributed by atoms with van der Waals surface area (Å²) in [4.78, 5) is 22.4. The highest BCUT2D eigenvalue weighted by molar-refractivity contribution is 5.99. The van der Waals surface area contributed by atoms with Gasteiger partial charge in [-0.15, -0.1) is 0 Å². The van der Waals surface area contributed by atoms with Crippen molar-refractivity contribution in [3.05, 3.63) is 83.2 Å². The van der Waals surface area contributed by atoms with Crippen molar-refractivity contribution in [3.8, 4) is 0 Å². The number of fused-ring (bicyclic) bond motifs is 1. The van der Waals surface area contributed by atoms with Gasteiger partial charge in [-0.25, -0.2) is 9.79 Å². The van der Waals surface area contributed by atoms with Crippen LogP contribution in [0.15, 0.2) is 77.1 Å². The zero-order chi connectivity index (χ0) is 28.0. The predicted molar refractivity (Wildman–Crippen MR) is 158 cm³/mol.